The van der Waals surface area contributed by atoms with E-state index in [1.54, 1.807) is 6.92 Å². The molecule has 2 rings (SSSR count). The minimum Gasteiger partial charge on any atom is -0.463 e. The SMILES string of the molecule is CCOC(=O)/C=C/[C@H](CCCCO[Si](C)(C)C(C)(C)C)N(NC(=O)OCc1ccccc1)C(=O)OCc1ccccc1. The molecule has 0 aliphatic heterocycles. The summed E-state index contributed by atoms with van der Waals surface area (Å²) < 4.78 is 22.2. The van der Waals surface area contributed by atoms with Gasteiger partial charge in [0, 0.05) is 12.7 Å². The topological polar surface area (TPSA) is 103 Å². The number of amides is 2. The van der Waals surface area contributed by atoms with Crippen LogP contribution < -0.4 is 5.43 Å². The van der Waals surface area contributed by atoms with Gasteiger partial charge in [-0.25, -0.2) is 24.8 Å². The first-order valence-corrected chi connectivity index (χ1v) is 17.3. The Balaban J connectivity index is 2.17. The standard InChI is InChI=1S/C32H46N2O7Si/c1-7-38-29(35)22-21-28(20-14-15-23-41-42(5,6)32(2,3)4)34(31(37)40-25-27-18-12-9-13-19-27)33-30(36)39-24-26-16-10-8-11-17-26/h8-13,16-19,21-22,28H,7,14-15,20,23-25H2,1-6H3,(H,33,36)/b22-21+/t28-/m0/s1. The third-order valence-corrected chi connectivity index (χ3v) is 11.6. The van der Waals surface area contributed by atoms with E-state index in [0.717, 1.165) is 22.6 Å². The van der Waals surface area contributed by atoms with Crippen LogP contribution >= 0.6 is 0 Å². The summed E-state index contributed by atoms with van der Waals surface area (Å²) in [6, 6.07) is 17.7. The maximum Gasteiger partial charge on any atom is 0.429 e. The van der Waals surface area contributed by atoms with Gasteiger partial charge in [-0.3, -0.25) is 0 Å². The third-order valence-electron chi connectivity index (χ3n) is 7.06. The number of carbonyl (C=O) groups is 3. The summed E-state index contributed by atoms with van der Waals surface area (Å²) in [4.78, 5) is 38.3. The van der Waals surface area contributed by atoms with Crippen molar-refractivity contribution in [2.45, 2.75) is 84.3 Å². The van der Waals surface area contributed by atoms with Gasteiger partial charge in [0.1, 0.15) is 13.2 Å². The number of nitrogens with zero attached hydrogens (tertiary/aromatic N) is 1. The van der Waals surface area contributed by atoms with Crippen LogP contribution in [0.2, 0.25) is 18.1 Å². The summed E-state index contributed by atoms with van der Waals surface area (Å²) in [5.74, 6) is -0.548. The van der Waals surface area contributed by atoms with Gasteiger partial charge in [-0.15, -0.1) is 0 Å². The Bertz CT molecular complexity index is 1130. The monoisotopic (exact) mass is 598 g/mol. The number of unbranched alkanes of at least 4 members (excludes halogenated alkanes) is 1. The summed E-state index contributed by atoms with van der Waals surface area (Å²) in [5, 5.41) is 1.17. The predicted molar refractivity (Wildman–Crippen MR) is 165 cm³/mol. The van der Waals surface area contributed by atoms with Crippen molar-refractivity contribution in [2.75, 3.05) is 13.2 Å². The molecule has 2 aromatic rings. The molecule has 0 saturated heterocycles. The Morgan fingerprint density at radius 3 is 2.00 bits per heavy atom. The smallest absolute Gasteiger partial charge is 0.429 e. The van der Waals surface area contributed by atoms with Gasteiger partial charge in [-0.2, -0.15) is 0 Å². The Hall–Kier alpha value is -3.63. The summed E-state index contributed by atoms with van der Waals surface area (Å²) in [5.41, 5.74) is 4.12. The molecule has 1 atom stereocenters. The van der Waals surface area contributed by atoms with E-state index in [1.807, 2.05) is 60.7 Å². The highest BCUT2D eigenvalue weighted by atomic mass is 28.4. The molecule has 2 amide bonds. The number of nitrogens with one attached hydrogen (secondary N) is 1. The number of hydrogen-bond acceptors (Lipinski definition) is 7. The number of benzene rings is 2. The van der Waals surface area contributed by atoms with Crippen LogP contribution in [0.1, 0.15) is 58.1 Å². The van der Waals surface area contributed by atoms with E-state index in [4.69, 9.17) is 18.6 Å². The molecule has 1 N–H and O–H groups in total. The van der Waals surface area contributed by atoms with Gasteiger partial charge in [0.05, 0.1) is 12.6 Å². The molecule has 0 spiro atoms. The van der Waals surface area contributed by atoms with Crippen LogP contribution in [0.25, 0.3) is 0 Å². The van der Waals surface area contributed by atoms with Crippen LogP contribution in [0.3, 0.4) is 0 Å². The van der Waals surface area contributed by atoms with Crippen molar-refractivity contribution in [2.24, 2.45) is 0 Å². The average Bonchev–Trinajstić information content (AvgIpc) is 2.95. The summed E-state index contributed by atoms with van der Waals surface area (Å²) in [6.45, 7) is 13.5. The van der Waals surface area contributed by atoms with Crippen molar-refractivity contribution in [3.63, 3.8) is 0 Å². The summed E-state index contributed by atoms with van der Waals surface area (Å²) >= 11 is 0. The van der Waals surface area contributed by atoms with E-state index in [9.17, 15) is 14.4 Å². The Morgan fingerprint density at radius 1 is 0.881 bits per heavy atom. The zero-order valence-corrected chi connectivity index (χ0v) is 26.8. The van der Waals surface area contributed by atoms with E-state index in [2.05, 4.69) is 39.3 Å². The highest BCUT2D eigenvalue weighted by Crippen LogP contribution is 2.36. The number of carbonyl (C=O) groups excluding carboxylic acids is 3. The molecule has 9 nitrogen and oxygen atoms in total. The lowest BCUT2D eigenvalue weighted by atomic mass is 10.1. The second-order valence-corrected chi connectivity index (χ2v) is 16.2. The number of rotatable bonds is 14. The van der Waals surface area contributed by atoms with Gasteiger partial charge in [-0.05, 0) is 55.4 Å². The Labute approximate surface area is 251 Å². The molecule has 0 fully saturated rings. The van der Waals surface area contributed by atoms with E-state index in [-0.39, 0.29) is 24.9 Å². The maximum absolute atomic E-state index is 13.3. The van der Waals surface area contributed by atoms with Crippen molar-refractivity contribution in [1.82, 2.24) is 10.4 Å². The summed E-state index contributed by atoms with van der Waals surface area (Å²) in [6.07, 6.45) is 3.01. The second-order valence-electron chi connectivity index (χ2n) is 11.4. The van der Waals surface area contributed by atoms with E-state index in [0.29, 0.717) is 19.4 Å². The molecule has 0 aromatic heterocycles. The van der Waals surface area contributed by atoms with Crippen molar-refractivity contribution >= 4 is 26.5 Å². The fourth-order valence-electron chi connectivity index (χ4n) is 3.60. The quantitative estimate of drug-likeness (QED) is 0.0615. The Kier molecular flexibility index (Phi) is 14.3. The van der Waals surface area contributed by atoms with Gasteiger partial charge in [-0.1, -0.05) is 87.5 Å². The second kappa shape index (κ2) is 17.4. The fourth-order valence-corrected chi connectivity index (χ4v) is 4.68. The van der Waals surface area contributed by atoms with Crippen molar-refractivity contribution in [3.05, 3.63) is 83.9 Å². The predicted octanol–water partition coefficient (Wildman–Crippen LogP) is 7.15. The minimum absolute atomic E-state index is 0.00554. The van der Waals surface area contributed by atoms with Crippen LogP contribution in [0, 0.1) is 0 Å². The molecule has 0 unspecified atom stereocenters. The normalized spacial score (nSPS) is 12.4. The largest absolute Gasteiger partial charge is 0.463 e. The van der Waals surface area contributed by atoms with Crippen LogP contribution in [0.5, 0.6) is 0 Å². The zero-order valence-electron chi connectivity index (χ0n) is 25.8. The van der Waals surface area contributed by atoms with E-state index >= 15 is 0 Å². The van der Waals surface area contributed by atoms with Crippen molar-refractivity contribution < 1.29 is 33.0 Å². The first kappa shape index (κ1) is 34.6. The van der Waals surface area contributed by atoms with Crippen LogP contribution in [-0.4, -0.2) is 50.7 Å². The molecule has 2 aromatic carbocycles. The molecule has 0 aliphatic rings. The number of esters is 1. The van der Waals surface area contributed by atoms with Gasteiger partial charge in [0.25, 0.3) is 0 Å². The first-order chi connectivity index (χ1) is 19.9. The Morgan fingerprint density at radius 2 is 1.45 bits per heavy atom. The van der Waals surface area contributed by atoms with Crippen LogP contribution in [0.4, 0.5) is 9.59 Å². The van der Waals surface area contributed by atoms with Gasteiger partial charge >= 0.3 is 18.2 Å². The van der Waals surface area contributed by atoms with Gasteiger partial charge in [0.2, 0.25) is 0 Å². The lowest BCUT2D eigenvalue weighted by molar-refractivity contribution is -0.137. The highest BCUT2D eigenvalue weighted by Gasteiger charge is 2.36. The molecule has 230 valence electrons. The fraction of sp³-hybridized carbons (Fsp3) is 0.469. The molecule has 0 bridgehead atoms. The molecule has 0 heterocycles. The average molecular weight is 599 g/mol. The van der Waals surface area contributed by atoms with Gasteiger partial charge < -0.3 is 18.6 Å². The number of hydrazine groups is 1. The van der Waals surface area contributed by atoms with E-state index < -0.39 is 32.5 Å². The molecule has 10 heteroatoms. The molecule has 0 saturated carbocycles. The highest BCUT2D eigenvalue weighted by molar-refractivity contribution is 6.74. The van der Waals surface area contributed by atoms with Crippen molar-refractivity contribution in [3.8, 4) is 0 Å². The summed E-state index contributed by atoms with van der Waals surface area (Å²) in [7, 11) is -1.90. The molecule has 42 heavy (non-hydrogen) atoms. The zero-order chi connectivity index (χ0) is 31.0. The van der Waals surface area contributed by atoms with E-state index in [1.165, 1.54) is 12.2 Å². The number of hydrogen-bond donors (Lipinski definition) is 1. The molecule has 0 radical (unpaired) electrons. The maximum atomic E-state index is 13.3. The first-order valence-electron chi connectivity index (χ1n) is 14.4. The lowest BCUT2D eigenvalue weighted by Crippen LogP contribution is -2.51. The number of ether oxygens (including phenoxy) is 3. The molecular weight excluding hydrogens is 552 g/mol. The van der Waals surface area contributed by atoms with Crippen LogP contribution in [0.15, 0.2) is 72.8 Å². The third kappa shape index (κ3) is 12.5. The van der Waals surface area contributed by atoms with Gasteiger partial charge in [0.15, 0.2) is 8.32 Å². The molecule has 0 aliphatic carbocycles. The molecular formula is C32H46N2O7Si. The minimum atomic E-state index is -1.90. The van der Waals surface area contributed by atoms with Crippen molar-refractivity contribution in [1.29, 1.82) is 0 Å². The van der Waals surface area contributed by atoms with Crippen LogP contribution in [-0.2, 0) is 36.6 Å². The lowest BCUT2D eigenvalue weighted by Gasteiger charge is -2.36.